The number of carbonyl (C=O) groups excluding carboxylic acids is 5. The van der Waals surface area contributed by atoms with E-state index in [-0.39, 0.29) is 60.7 Å². The highest BCUT2D eigenvalue weighted by Crippen LogP contribution is 2.41. The largest absolute Gasteiger partial charge is 0.460 e. The molecule has 4 heterocycles. The number of cyclic esters (lactones) is 1. The lowest BCUT2D eigenvalue weighted by molar-refractivity contribution is -0.264. The van der Waals surface area contributed by atoms with E-state index in [1.807, 2.05) is 65.0 Å². The number of aryl methyl sites for hydroxylation is 1. The van der Waals surface area contributed by atoms with Crippen LogP contribution in [-0.4, -0.2) is 119 Å². The average molecular weight is 980 g/mol. The van der Waals surface area contributed by atoms with E-state index in [0.29, 0.717) is 63.4 Å². The molecule has 5 rings (SSSR count). The lowest BCUT2D eigenvalue weighted by Crippen LogP contribution is -2.60. The van der Waals surface area contributed by atoms with Crippen molar-refractivity contribution in [1.82, 2.24) is 4.90 Å². The molecule has 0 spiro atoms. The van der Waals surface area contributed by atoms with Gasteiger partial charge in [0.1, 0.15) is 30.1 Å². The van der Waals surface area contributed by atoms with Crippen LogP contribution in [0.25, 0.3) is 0 Å². The molecule has 0 radical (unpaired) electrons. The van der Waals surface area contributed by atoms with E-state index in [2.05, 4.69) is 12.1 Å². The van der Waals surface area contributed by atoms with Gasteiger partial charge in [0.25, 0.3) is 11.7 Å². The molecule has 2 bridgehead atoms. The van der Waals surface area contributed by atoms with Gasteiger partial charge in [0.2, 0.25) is 5.79 Å². The summed E-state index contributed by atoms with van der Waals surface area (Å²) in [6, 6.07) is 3.02. The van der Waals surface area contributed by atoms with Gasteiger partial charge in [0.15, 0.2) is 5.78 Å². The molecular weight excluding hydrogens is 899 g/mol. The van der Waals surface area contributed by atoms with Gasteiger partial charge in [-0.1, -0.05) is 76.6 Å². The number of esters is 1. The van der Waals surface area contributed by atoms with Crippen molar-refractivity contribution in [2.75, 3.05) is 20.8 Å². The van der Waals surface area contributed by atoms with Crippen molar-refractivity contribution in [3.63, 3.8) is 0 Å². The highest BCUT2D eigenvalue weighted by molar-refractivity contribution is 7.12. The fourth-order valence-corrected chi connectivity index (χ4v) is 11.9. The zero-order valence-electron chi connectivity index (χ0n) is 42.8. The van der Waals surface area contributed by atoms with Crippen LogP contribution in [0.2, 0.25) is 0 Å². The van der Waals surface area contributed by atoms with Gasteiger partial charge in [0.05, 0.1) is 18.3 Å². The van der Waals surface area contributed by atoms with E-state index in [1.165, 1.54) is 12.0 Å². The molecule has 1 saturated carbocycles. The first-order chi connectivity index (χ1) is 32.7. The average Bonchev–Trinajstić information content (AvgIpc) is 3.76. The van der Waals surface area contributed by atoms with Crippen molar-refractivity contribution in [3.8, 4) is 0 Å². The first-order valence-electron chi connectivity index (χ1n) is 25.4. The minimum absolute atomic E-state index is 0.0241. The Morgan fingerprint density at radius 3 is 2.29 bits per heavy atom. The maximum Gasteiger partial charge on any atom is 0.329 e. The maximum atomic E-state index is 14.5. The Morgan fingerprint density at radius 2 is 1.61 bits per heavy atom. The Bertz CT molecular complexity index is 2060. The molecule has 2 unspecified atom stereocenters. The second kappa shape index (κ2) is 25.7. The number of thiophene rings is 1. The van der Waals surface area contributed by atoms with E-state index in [0.717, 1.165) is 21.7 Å². The number of ketones is 3. The van der Waals surface area contributed by atoms with Crippen molar-refractivity contribution in [3.05, 3.63) is 69.5 Å². The number of hydrogen-bond acceptors (Lipinski definition) is 13. The first-order valence-corrected chi connectivity index (χ1v) is 26.2. The van der Waals surface area contributed by atoms with Crippen molar-refractivity contribution in [1.29, 1.82) is 0 Å². The number of fused-ring (bicyclic) bond motifs is 3. The Morgan fingerprint density at radius 1 is 0.870 bits per heavy atom. The number of amides is 1. The minimum atomic E-state index is -2.42. The summed E-state index contributed by atoms with van der Waals surface area (Å²) in [6.45, 7) is 15.0. The fourth-order valence-electron chi connectivity index (χ4n) is 10.8. The summed E-state index contributed by atoms with van der Waals surface area (Å²) in [5.41, 5.74) is 1.44. The lowest BCUT2D eigenvalue weighted by atomic mass is 9.78. The minimum Gasteiger partial charge on any atom is -0.460 e. The fraction of sp³-hybridized carbons (Fsp3) is 0.691. The van der Waals surface area contributed by atoms with Gasteiger partial charge in [0, 0.05) is 60.6 Å². The monoisotopic (exact) mass is 980 g/mol. The number of aliphatic hydroxyl groups excluding tert-OH is 2. The zero-order valence-corrected chi connectivity index (χ0v) is 43.6. The molecule has 13 nitrogen and oxygen atoms in total. The molecular formula is C55H81NO12S. The normalized spacial score (nSPS) is 38.8. The summed E-state index contributed by atoms with van der Waals surface area (Å²) in [5, 5.41) is 34.2. The standard InChI is InChI=1S/C55H81NO12S/c1-32-16-12-11-13-17-33(2)42(48-24-20-39(8)69-48)30-41-22-19-38(7)55(64,68-41)52(61)53(62)56-25-15-14-18-43(56)54(63)67-46(35(4)28-40-21-23-44(57)47(29-40)65-9)31-45(58)34(3)27-37(6)50(60)51(66-10)49(59)36(5)26-32/h11-13,16-17,20,24,27,32,34-36,38,40-44,46-47,50-51,57,60,64H,14-15,18-19,21-23,25-26,28-31H2,1-10H3/b13-11+,16-12+,33-17+,37-27+/t32-,34-,35-,36-,38-,40+,41+,42?,43+,44-,46+,47-,50-,51?,55-/m1/s1. The van der Waals surface area contributed by atoms with E-state index in [1.54, 1.807) is 45.3 Å². The van der Waals surface area contributed by atoms with Crippen LogP contribution in [0, 0.1) is 42.4 Å². The number of Topliss-reactive ketones (excluding diaryl/α,β-unsaturated/α-hetero) is 3. The highest BCUT2D eigenvalue weighted by Gasteiger charge is 2.53. The first kappa shape index (κ1) is 56.3. The number of allylic oxidation sites excluding steroid dienone is 7. The maximum absolute atomic E-state index is 14.5. The summed E-state index contributed by atoms with van der Waals surface area (Å²) in [6.07, 6.45) is 12.3. The van der Waals surface area contributed by atoms with Crippen LogP contribution < -0.4 is 0 Å². The van der Waals surface area contributed by atoms with E-state index in [4.69, 9.17) is 18.9 Å². The van der Waals surface area contributed by atoms with E-state index in [9.17, 15) is 39.3 Å². The van der Waals surface area contributed by atoms with Crippen LogP contribution in [0.4, 0.5) is 0 Å². The number of rotatable bonds is 6. The van der Waals surface area contributed by atoms with Crippen LogP contribution in [-0.2, 0) is 42.9 Å². The molecule has 69 heavy (non-hydrogen) atoms. The molecule has 1 aromatic heterocycles. The topological polar surface area (TPSA) is 186 Å². The second-order valence-corrected chi connectivity index (χ2v) is 22.2. The SMILES string of the molecule is COC1C(=O)[C@H](C)C[C@H](C)/C=C/C=C/C=C(\C)C(c2ccc(C)s2)C[C@@H]2CC[C@@H](C)[C@@](O)(O2)C(=O)C(=O)N2CCCC[C@H]2C(=O)O[C@H]([C@H](C)C[C@@H]2CC[C@@H](O)[C@H](OC)C2)CC(=O)[C@H](C)/C=C(\C)[C@H]1O. The molecule has 1 aromatic rings. The van der Waals surface area contributed by atoms with Gasteiger partial charge < -0.3 is 39.2 Å². The molecule has 1 aliphatic carbocycles. The third-order valence-electron chi connectivity index (χ3n) is 15.4. The zero-order chi connectivity index (χ0) is 50.7. The number of methoxy groups -OCH3 is 2. The number of ether oxygens (including phenoxy) is 4. The predicted molar refractivity (Wildman–Crippen MR) is 266 cm³/mol. The molecule has 3 aliphatic heterocycles. The molecule has 3 N–H and O–H groups in total. The number of carbonyl (C=O) groups is 5. The van der Waals surface area contributed by atoms with Gasteiger partial charge in [-0.25, -0.2) is 4.79 Å². The Hall–Kier alpha value is -3.63. The van der Waals surface area contributed by atoms with Gasteiger partial charge in [-0.2, -0.15) is 0 Å². The van der Waals surface area contributed by atoms with Gasteiger partial charge in [-0.05, 0) is 127 Å². The molecule has 0 aromatic carbocycles. The number of aliphatic hydroxyl groups is 3. The molecule has 14 heteroatoms. The number of nitrogens with zero attached hydrogens (tertiary/aromatic N) is 1. The molecule has 384 valence electrons. The van der Waals surface area contributed by atoms with E-state index < -0.39 is 77.8 Å². The van der Waals surface area contributed by atoms with Crippen LogP contribution in [0.1, 0.15) is 141 Å². The molecule has 1 amide bonds. The van der Waals surface area contributed by atoms with E-state index >= 15 is 0 Å². The third-order valence-corrected chi connectivity index (χ3v) is 16.5. The Kier molecular flexibility index (Phi) is 20.9. The van der Waals surface area contributed by atoms with Crippen molar-refractivity contribution in [2.24, 2.45) is 35.5 Å². The summed E-state index contributed by atoms with van der Waals surface area (Å²) >= 11 is 1.67. The van der Waals surface area contributed by atoms with Crippen LogP contribution >= 0.6 is 11.3 Å². The lowest BCUT2D eigenvalue weighted by Gasteiger charge is -2.43. The Balaban J connectivity index is 1.50. The van der Waals surface area contributed by atoms with Crippen LogP contribution in [0.15, 0.2) is 59.7 Å². The third kappa shape index (κ3) is 14.5. The van der Waals surface area contributed by atoms with Crippen LogP contribution in [0.3, 0.4) is 0 Å². The summed E-state index contributed by atoms with van der Waals surface area (Å²) in [5.74, 6) is -7.96. The van der Waals surface area contributed by atoms with Crippen molar-refractivity contribution in [2.45, 2.75) is 187 Å². The summed E-state index contributed by atoms with van der Waals surface area (Å²) in [4.78, 5) is 74.8. The number of piperidine rings is 1. The predicted octanol–water partition coefficient (Wildman–Crippen LogP) is 8.32. The number of hydrogen-bond donors (Lipinski definition) is 3. The summed E-state index contributed by atoms with van der Waals surface area (Å²) < 4.78 is 23.9. The van der Waals surface area contributed by atoms with Gasteiger partial charge >= 0.3 is 5.97 Å². The van der Waals surface area contributed by atoms with Gasteiger partial charge in [-0.15, -0.1) is 11.3 Å². The van der Waals surface area contributed by atoms with Gasteiger partial charge in [-0.3, -0.25) is 19.2 Å². The summed E-state index contributed by atoms with van der Waals surface area (Å²) in [7, 11) is 2.96. The molecule has 2 saturated heterocycles. The highest BCUT2D eigenvalue weighted by atomic mass is 32.1. The molecule has 15 atom stereocenters. The quantitative estimate of drug-likeness (QED) is 0.141. The van der Waals surface area contributed by atoms with Crippen LogP contribution in [0.5, 0.6) is 0 Å². The molecule has 4 aliphatic rings. The molecule has 3 fully saturated rings. The van der Waals surface area contributed by atoms with Crippen molar-refractivity contribution >= 4 is 40.6 Å². The smallest absolute Gasteiger partial charge is 0.329 e. The Labute approximate surface area is 414 Å². The van der Waals surface area contributed by atoms with Crippen molar-refractivity contribution < 1.29 is 58.2 Å². The second-order valence-electron chi connectivity index (χ2n) is 20.9.